The smallest absolute Gasteiger partial charge is 0.305 e. The highest BCUT2D eigenvalue weighted by molar-refractivity contribution is 5.95. The van der Waals surface area contributed by atoms with E-state index in [0.29, 0.717) is 5.56 Å². The van der Waals surface area contributed by atoms with Gasteiger partial charge in [-0.2, -0.15) is 5.10 Å². The van der Waals surface area contributed by atoms with Crippen molar-refractivity contribution >= 4 is 11.9 Å². The van der Waals surface area contributed by atoms with Gasteiger partial charge in [0.2, 0.25) is 0 Å². The maximum Gasteiger partial charge on any atom is 0.305 e. The van der Waals surface area contributed by atoms with Crippen LogP contribution >= 0.6 is 0 Å². The van der Waals surface area contributed by atoms with Gasteiger partial charge in [0, 0.05) is 12.7 Å². The molecule has 0 unspecified atom stereocenters. The summed E-state index contributed by atoms with van der Waals surface area (Å²) in [5.41, 5.74) is 0.690. The molecular formula is C14H21N3O3. The fraction of sp³-hybridized carbons (Fsp3) is 0.643. The predicted octanol–water partition coefficient (Wildman–Crippen LogP) is 1.64. The van der Waals surface area contributed by atoms with Crippen LogP contribution in [0.1, 0.15) is 54.6 Å². The lowest BCUT2D eigenvalue weighted by molar-refractivity contribution is -0.139. The van der Waals surface area contributed by atoms with Crippen LogP contribution in [-0.2, 0) is 11.8 Å². The largest absolute Gasteiger partial charge is 0.481 e. The van der Waals surface area contributed by atoms with E-state index in [1.165, 1.54) is 6.20 Å². The lowest BCUT2D eigenvalue weighted by Gasteiger charge is -2.37. The molecule has 0 saturated heterocycles. The van der Waals surface area contributed by atoms with Gasteiger partial charge < -0.3 is 10.4 Å². The molecule has 1 amide bonds. The predicted molar refractivity (Wildman–Crippen MR) is 73.5 cm³/mol. The summed E-state index contributed by atoms with van der Waals surface area (Å²) in [4.78, 5) is 23.5. The van der Waals surface area contributed by atoms with Crippen LogP contribution in [0.25, 0.3) is 0 Å². The minimum absolute atomic E-state index is 0.0158. The second kappa shape index (κ2) is 5.64. The SMILES string of the molecule is Cc1c(C(=O)NC2(CC(=O)O)CCCCC2)cnn1C. The number of carbonyl (C=O) groups excluding carboxylic acids is 1. The third-order valence-electron chi connectivity index (χ3n) is 4.16. The monoisotopic (exact) mass is 279 g/mol. The van der Waals surface area contributed by atoms with E-state index in [4.69, 9.17) is 5.11 Å². The zero-order valence-corrected chi connectivity index (χ0v) is 12.0. The van der Waals surface area contributed by atoms with Crippen LogP contribution in [0.3, 0.4) is 0 Å². The van der Waals surface area contributed by atoms with E-state index < -0.39 is 11.5 Å². The number of carbonyl (C=O) groups is 2. The maximum atomic E-state index is 12.4. The highest BCUT2D eigenvalue weighted by Gasteiger charge is 2.36. The minimum atomic E-state index is -0.866. The fourth-order valence-corrected chi connectivity index (χ4v) is 2.89. The van der Waals surface area contributed by atoms with Crippen LogP contribution in [0, 0.1) is 6.92 Å². The van der Waals surface area contributed by atoms with E-state index in [9.17, 15) is 9.59 Å². The van der Waals surface area contributed by atoms with E-state index in [-0.39, 0.29) is 12.3 Å². The number of aryl methyl sites for hydroxylation is 1. The highest BCUT2D eigenvalue weighted by Crippen LogP contribution is 2.31. The molecule has 1 heterocycles. The van der Waals surface area contributed by atoms with E-state index in [0.717, 1.165) is 37.8 Å². The molecule has 0 aliphatic heterocycles. The van der Waals surface area contributed by atoms with E-state index in [1.54, 1.807) is 11.7 Å². The molecule has 1 aliphatic carbocycles. The Bertz CT molecular complexity index is 516. The number of hydrogen-bond donors (Lipinski definition) is 2. The lowest BCUT2D eigenvalue weighted by Crippen LogP contribution is -2.51. The van der Waals surface area contributed by atoms with Gasteiger partial charge in [0.1, 0.15) is 0 Å². The number of nitrogens with zero attached hydrogens (tertiary/aromatic N) is 2. The number of aromatic nitrogens is 2. The first kappa shape index (κ1) is 14.6. The van der Waals surface area contributed by atoms with Crippen LogP contribution in [0.5, 0.6) is 0 Å². The van der Waals surface area contributed by atoms with Gasteiger partial charge >= 0.3 is 5.97 Å². The van der Waals surface area contributed by atoms with Crippen molar-refractivity contribution in [1.82, 2.24) is 15.1 Å². The van der Waals surface area contributed by atoms with Gasteiger partial charge in [0.05, 0.1) is 23.7 Å². The second-order valence-corrected chi connectivity index (χ2v) is 5.63. The Labute approximate surface area is 118 Å². The lowest BCUT2D eigenvalue weighted by atomic mass is 9.79. The van der Waals surface area contributed by atoms with Gasteiger partial charge in [-0.3, -0.25) is 14.3 Å². The summed E-state index contributed by atoms with van der Waals surface area (Å²) in [6, 6.07) is 0. The molecule has 0 spiro atoms. The number of hydrogen-bond acceptors (Lipinski definition) is 3. The summed E-state index contributed by atoms with van der Waals surface area (Å²) in [6.45, 7) is 1.83. The van der Waals surface area contributed by atoms with E-state index >= 15 is 0 Å². The average Bonchev–Trinajstić information content (AvgIpc) is 2.70. The average molecular weight is 279 g/mol. The molecule has 2 N–H and O–H groups in total. The summed E-state index contributed by atoms with van der Waals surface area (Å²) in [6.07, 6.45) is 5.98. The Morgan fingerprint density at radius 3 is 2.55 bits per heavy atom. The van der Waals surface area contributed by atoms with Crippen molar-refractivity contribution in [2.45, 2.75) is 51.0 Å². The van der Waals surface area contributed by atoms with Crippen molar-refractivity contribution in [2.75, 3.05) is 0 Å². The summed E-state index contributed by atoms with van der Waals surface area (Å²) in [5.74, 6) is -1.09. The van der Waals surface area contributed by atoms with Crippen molar-refractivity contribution in [1.29, 1.82) is 0 Å². The van der Waals surface area contributed by atoms with Crippen LogP contribution in [0.2, 0.25) is 0 Å². The zero-order valence-electron chi connectivity index (χ0n) is 12.0. The number of amides is 1. The van der Waals surface area contributed by atoms with Gasteiger partial charge in [0.15, 0.2) is 0 Å². The molecule has 1 saturated carbocycles. The quantitative estimate of drug-likeness (QED) is 0.877. The van der Waals surface area contributed by atoms with Gasteiger partial charge in [-0.25, -0.2) is 0 Å². The van der Waals surface area contributed by atoms with E-state index in [1.807, 2.05) is 6.92 Å². The molecule has 1 aromatic rings. The minimum Gasteiger partial charge on any atom is -0.481 e. The van der Waals surface area contributed by atoms with Gasteiger partial charge in [-0.05, 0) is 19.8 Å². The molecule has 1 fully saturated rings. The van der Waals surface area contributed by atoms with E-state index in [2.05, 4.69) is 10.4 Å². The Balaban J connectivity index is 2.17. The molecule has 0 aromatic carbocycles. The molecule has 6 heteroatoms. The van der Waals surface area contributed by atoms with Gasteiger partial charge in [0.25, 0.3) is 5.91 Å². The topological polar surface area (TPSA) is 84.2 Å². The molecule has 110 valence electrons. The van der Waals surface area contributed by atoms with Crippen molar-refractivity contribution < 1.29 is 14.7 Å². The van der Waals surface area contributed by atoms with Crippen molar-refractivity contribution in [2.24, 2.45) is 7.05 Å². The first-order valence-corrected chi connectivity index (χ1v) is 6.96. The molecule has 0 atom stereocenters. The summed E-state index contributed by atoms with van der Waals surface area (Å²) in [5, 5.41) is 16.1. The molecule has 20 heavy (non-hydrogen) atoms. The summed E-state index contributed by atoms with van der Waals surface area (Å²) >= 11 is 0. The Morgan fingerprint density at radius 2 is 2.05 bits per heavy atom. The molecule has 1 aromatic heterocycles. The first-order chi connectivity index (χ1) is 9.43. The van der Waals surface area contributed by atoms with Crippen molar-refractivity contribution in [3.63, 3.8) is 0 Å². The number of nitrogens with one attached hydrogen (secondary N) is 1. The van der Waals surface area contributed by atoms with Crippen molar-refractivity contribution in [3.05, 3.63) is 17.5 Å². The third-order valence-corrected chi connectivity index (χ3v) is 4.16. The number of rotatable bonds is 4. The molecular weight excluding hydrogens is 258 g/mol. The Morgan fingerprint density at radius 1 is 1.40 bits per heavy atom. The zero-order chi connectivity index (χ0) is 14.8. The molecule has 1 aliphatic rings. The third kappa shape index (κ3) is 3.00. The Hall–Kier alpha value is -1.85. The molecule has 0 bridgehead atoms. The van der Waals surface area contributed by atoms with Crippen molar-refractivity contribution in [3.8, 4) is 0 Å². The maximum absolute atomic E-state index is 12.4. The Kier molecular flexibility index (Phi) is 4.11. The normalized spacial score (nSPS) is 17.7. The molecule has 2 rings (SSSR count). The standard InChI is InChI=1S/C14H21N3O3/c1-10-11(9-15-17(10)2)13(20)16-14(8-12(18)19)6-4-3-5-7-14/h9H,3-8H2,1-2H3,(H,16,20)(H,18,19). The summed E-state index contributed by atoms with van der Waals surface area (Å²) < 4.78 is 1.64. The van der Waals surface area contributed by atoms with Gasteiger partial charge in [-0.1, -0.05) is 19.3 Å². The van der Waals surface area contributed by atoms with Crippen LogP contribution in [0.4, 0.5) is 0 Å². The van der Waals surface area contributed by atoms with Crippen LogP contribution in [-0.4, -0.2) is 32.3 Å². The second-order valence-electron chi connectivity index (χ2n) is 5.63. The van der Waals surface area contributed by atoms with Gasteiger partial charge in [-0.15, -0.1) is 0 Å². The van der Waals surface area contributed by atoms with Crippen LogP contribution < -0.4 is 5.32 Å². The highest BCUT2D eigenvalue weighted by atomic mass is 16.4. The number of carboxylic acid groups (broad SMARTS) is 1. The summed E-state index contributed by atoms with van der Waals surface area (Å²) in [7, 11) is 1.78. The molecule has 0 radical (unpaired) electrons. The fourth-order valence-electron chi connectivity index (χ4n) is 2.89. The van der Waals surface area contributed by atoms with Crippen LogP contribution in [0.15, 0.2) is 6.20 Å². The molecule has 6 nitrogen and oxygen atoms in total. The number of carboxylic acids is 1. The first-order valence-electron chi connectivity index (χ1n) is 6.96. The number of aliphatic carboxylic acids is 1.